The van der Waals surface area contributed by atoms with Gasteiger partial charge in [-0.05, 0) is 67.1 Å². The molecule has 0 aromatic heterocycles. The summed E-state index contributed by atoms with van der Waals surface area (Å²) in [4.78, 5) is 12.5. The molecular weight excluding hydrogens is 340 g/mol. The Morgan fingerprint density at radius 1 is 1.15 bits per heavy atom. The highest BCUT2D eigenvalue weighted by Crippen LogP contribution is 2.37. The highest BCUT2D eigenvalue weighted by Gasteiger charge is 2.41. The van der Waals surface area contributed by atoms with Crippen LogP contribution >= 0.6 is 0 Å². The van der Waals surface area contributed by atoms with Gasteiger partial charge in [-0.2, -0.15) is 0 Å². The van der Waals surface area contributed by atoms with Crippen LogP contribution in [-0.2, 0) is 4.74 Å². The van der Waals surface area contributed by atoms with Gasteiger partial charge in [0.1, 0.15) is 5.75 Å². The van der Waals surface area contributed by atoms with Gasteiger partial charge in [0.2, 0.25) is 0 Å². The fourth-order valence-electron chi connectivity index (χ4n) is 3.84. The second kappa shape index (κ2) is 6.98. The summed E-state index contributed by atoms with van der Waals surface area (Å²) in [6.45, 7) is 1.74. The standard InChI is InChI=1S/C22H24N2O3.2H2/c25-22(16-5-9-18(10-6-16)26-13-14-1-2-14)24-17-7-3-15(4-8-17)21-20-11-19(27-21)12-23-20;;/h3-10,14,19-21,23H,1-2,11-13H2,(H,24,25);2*1H/t19?,20?,21-;;/m1../s1. The van der Waals surface area contributed by atoms with Crippen molar-refractivity contribution in [1.29, 1.82) is 0 Å². The van der Waals surface area contributed by atoms with Gasteiger partial charge in [-0.1, -0.05) is 12.1 Å². The van der Waals surface area contributed by atoms with E-state index in [1.165, 1.54) is 12.8 Å². The summed E-state index contributed by atoms with van der Waals surface area (Å²) < 4.78 is 11.7. The Bertz CT molecular complexity index is 825. The highest BCUT2D eigenvalue weighted by molar-refractivity contribution is 6.04. The van der Waals surface area contributed by atoms with Gasteiger partial charge in [-0.25, -0.2) is 0 Å². The first-order valence-electron chi connectivity index (χ1n) is 9.77. The molecule has 2 N–H and O–H groups in total. The van der Waals surface area contributed by atoms with Crippen LogP contribution in [0.2, 0.25) is 0 Å². The van der Waals surface area contributed by atoms with E-state index in [0.29, 0.717) is 17.7 Å². The second-order valence-corrected chi connectivity index (χ2v) is 7.78. The van der Waals surface area contributed by atoms with Crippen LogP contribution < -0.4 is 15.4 Å². The molecule has 2 aromatic carbocycles. The molecule has 2 bridgehead atoms. The van der Waals surface area contributed by atoms with Crippen LogP contribution in [0.3, 0.4) is 0 Å². The van der Waals surface area contributed by atoms with Crippen molar-refractivity contribution >= 4 is 11.6 Å². The fourth-order valence-corrected chi connectivity index (χ4v) is 3.84. The molecule has 3 aliphatic rings. The number of hydrogen-bond acceptors (Lipinski definition) is 4. The third-order valence-corrected chi connectivity index (χ3v) is 5.63. The predicted molar refractivity (Wildman–Crippen MR) is 107 cm³/mol. The Hall–Kier alpha value is -2.37. The third kappa shape index (κ3) is 3.70. The summed E-state index contributed by atoms with van der Waals surface area (Å²) in [6.07, 6.45) is 4.09. The van der Waals surface area contributed by atoms with E-state index in [1.54, 1.807) is 12.1 Å². The van der Waals surface area contributed by atoms with E-state index in [0.717, 1.165) is 42.5 Å². The van der Waals surface area contributed by atoms with Crippen LogP contribution in [0, 0.1) is 5.92 Å². The zero-order chi connectivity index (χ0) is 18.2. The molecule has 5 heteroatoms. The average Bonchev–Trinajstić information content (AvgIpc) is 3.29. The topological polar surface area (TPSA) is 59.6 Å². The van der Waals surface area contributed by atoms with E-state index in [-0.39, 0.29) is 14.9 Å². The van der Waals surface area contributed by atoms with Crippen molar-refractivity contribution in [2.24, 2.45) is 5.92 Å². The monoisotopic (exact) mass is 368 g/mol. The van der Waals surface area contributed by atoms with Crippen LogP contribution in [-0.4, -0.2) is 31.2 Å². The van der Waals surface area contributed by atoms with Crippen molar-refractivity contribution in [2.45, 2.75) is 37.5 Å². The van der Waals surface area contributed by atoms with E-state index < -0.39 is 0 Å². The van der Waals surface area contributed by atoms with Crippen molar-refractivity contribution < 1.29 is 17.1 Å². The Kier molecular flexibility index (Phi) is 4.34. The van der Waals surface area contributed by atoms with Crippen molar-refractivity contribution in [3.63, 3.8) is 0 Å². The Balaban J connectivity index is 0.00000120. The molecule has 2 aromatic rings. The van der Waals surface area contributed by atoms with Gasteiger partial charge < -0.3 is 20.1 Å². The van der Waals surface area contributed by atoms with Crippen LogP contribution in [0.25, 0.3) is 0 Å². The average molecular weight is 368 g/mol. The lowest BCUT2D eigenvalue weighted by atomic mass is 10.0. The lowest BCUT2D eigenvalue weighted by molar-refractivity contribution is 0.0160. The van der Waals surface area contributed by atoms with E-state index in [1.807, 2.05) is 36.4 Å². The maximum absolute atomic E-state index is 12.5. The van der Waals surface area contributed by atoms with Crippen molar-refractivity contribution in [2.75, 3.05) is 18.5 Å². The van der Waals surface area contributed by atoms with Gasteiger partial charge in [0, 0.05) is 26.7 Å². The number of carbonyl (C=O) groups is 1. The van der Waals surface area contributed by atoms with Crippen molar-refractivity contribution in [3.8, 4) is 5.75 Å². The van der Waals surface area contributed by atoms with Gasteiger partial charge in [0.25, 0.3) is 5.91 Å². The van der Waals surface area contributed by atoms with Crippen molar-refractivity contribution in [3.05, 3.63) is 59.7 Å². The first kappa shape index (κ1) is 16.8. The molecule has 5 nitrogen and oxygen atoms in total. The molecule has 0 spiro atoms. The molecule has 2 saturated heterocycles. The molecule has 3 fully saturated rings. The third-order valence-electron chi connectivity index (χ3n) is 5.63. The summed E-state index contributed by atoms with van der Waals surface area (Å²) in [7, 11) is 0. The number of nitrogens with one attached hydrogen (secondary N) is 2. The van der Waals surface area contributed by atoms with E-state index in [2.05, 4.69) is 10.6 Å². The maximum atomic E-state index is 12.5. The van der Waals surface area contributed by atoms with Gasteiger partial charge >= 0.3 is 0 Å². The molecule has 2 unspecified atom stereocenters. The minimum Gasteiger partial charge on any atom is -0.493 e. The number of carbonyl (C=O) groups excluding carboxylic acids is 1. The molecule has 5 rings (SSSR count). The SMILES string of the molecule is O=C(Nc1ccc([C@H]2OC3CNC2C3)cc1)c1ccc(OCC2CC2)cc1.[HH].[HH]. The molecule has 1 saturated carbocycles. The second-order valence-electron chi connectivity index (χ2n) is 7.78. The Labute approximate surface area is 162 Å². The first-order chi connectivity index (χ1) is 13.2. The summed E-state index contributed by atoms with van der Waals surface area (Å²) in [5.41, 5.74) is 2.57. The lowest BCUT2D eigenvalue weighted by Crippen LogP contribution is -2.33. The van der Waals surface area contributed by atoms with Crippen LogP contribution in [0.5, 0.6) is 5.75 Å². The number of rotatable bonds is 6. The summed E-state index contributed by atoms with van der Waals surface area (Å²) in [5.74, 6) is 1.42. The minimum absolute atomic E-state index is 0. The molecule has 1 amide bonds. The number of benzene rings is 2. The maximum Gasteiger partial charge on any atom is 0.255 e. The summed E-state index contributed by atoms with van der Waals surface area (Å²) in [5, 5.41) is 6.44. The Morgan fingerprint density at radius 3 is 2.56 bits per heavy atom. The van der Waals surface area contributed by atoms with Gasteiger partial charge in [-0.3, -0.25) is 4.79 Å². The minimum atomic E-state index is -0.116. The zero-order valence-electron chi connectivity index (χ0n) is 15.2. The predicted octanol–water partition coefficient (Wildman–Crippen LogP) is 4.02. The van der Waals surface area contributed by atoms with Gasteiger partial charge in [0.05, 0.1) is 18.8 Å². The highest BCUT2D eigenvalue weighted by atomic mass is 16.5. The van der Waals surface area contributed by atoms with Crippen LogP contribution in [0.4, 0.5) is 5.69 Å². The van der Waals surface area contributed by atoms with E-state index >= 15 is 0 Å². The normalized spacial score (nSPS) is 26.1. The first-order valence-corrected chi connectivity index (χ1v) is 9.77. The van der Waals surface area contributed by atoms with Crippen molar-refractivity contribution in [1.82, 2.24) is 5.32 Å². The number of fused-ring (bicyclic) bond motifs is 2. The molecular formula is C22H28N2O3. The molecule has 2 heterocycles. The van der Waals surface area contributed by atoms with E-state index in [4.69, 9.17) is 9.47 Å². The number of anilines is 1. The smallest absolute Gasteiger partial charge is 0.255 e. The number of hydrogen-bond donors (Lipinski definition) is 2. The van der Waals surface area contributed by atoms with Crippen LogP contribution in [0.15, 0.2) is 48.5 Å². The molecule has 1 aliphatic carbocycles. The van der Waals surface area contributed by atoms with Gasteiger partial charge in [0.15, 0.2) is 0 Å². The number of ether oxygens (including phenoxy) is 2. The largest absolute Gasteiger partial charge is 0.493 e. The molecule has 3 atom stereocenters. The number of amides is 1. The quantitative estimate of drug-likeness (QED) is 0.808. The molecule has 27 heavy (non-hydrogen) atoms. The summed E-state index contributed by atoms with van der Waals surface area (Å²) >= 11 is 0. The molecule has 144 valence electrons. The number of morpholine rings is 1. The Morgan fingerprint density at radius 2 is 1.93 bits per heavy atom. The lowest BCUT2D eigenvalue weighted by Gasteiger charge is -2.23. The molecule has 0 radical (unpaired) electrons. The summed E-state index contributed by atoms with van der Waals surface area (Å²) in [6, 6.07) is 15.7. The van der Waals surface area contributed by atoms with Gasteiger partial charge in [-0.15, -0.1) is 0 Å². The fraction of sp³-hybridized carbons (Fsp3) is 0.409. The molecule has 2 aliphatic heterocycles. The zero-order valence-corrected chi connectivity index (χ0v) is 15.2. The van der Waals surface area contributed by atoms with E-state index in [9.17, 15) is 4.79 Å². The van der Waals surface area contributed by atoms with Crippen LogP contribution in [0.1, 0.15) is 44.1 Å².